The van der Waals surface area contributed by atoms with E-state index in [4.69, 9.17) is 5.11 Å². The summed E-state index contributed by atoms with van der Waals surface area (Å²) in [7, 11) is 1.93. The third kappa shape index (κ3) is 1.67. The first kappa shape index (κ1) is 10.3. The summed E-state index contributed by atoms with van der Waals surface area (Å²) >= 11 is 1.27. The van der Waals surface area contributed by atoms with Gasteiger partial charge in [-0.3, -0.25) is 0 Å². The minimum Gasteiger partial charge on any atom is -0.477 e. The predicted molar refractivity (Wildman–Crippen MR) is 62.3 cm³/mol. The summed E-state index contributed by atoms with van der Waals surface area (Å²) in [6.07, 6.45) is 0. The van der Waals surface area contributed by atoms with Crippen molar-refractivity contribution in [2.75, 3.05) is 23.8 Å². The highest BCUT2D eigenvalue weighted by atomic mass is 32.1. The van der Waals surface area contributed by atoms with Crippen molar-refractivity contribution < 1.29 is 9.90 Å². The molecule has 0 spiro atoms. The number of likely N-dealkylation sites (N-methyl/N-ethyl adjacent to an activating group) is 1. The molecule has 0 atom stereocenters. The van der Waals surface area contributed by atoms with Gasteiger partial charge in [0, 0.05) is 24.5 Å². The van der Waals surface area contributed by atoms with Crippen molar-refractivity contribution in [3.05, 3.63) is 10.3 Å². The fraction of sp³-hybridized carbons (Fsp3) is 0.500. The highest BCUT2D eigenvalue weighted by molar-refractivity contribution is 7.13. The first-order valence-corrected chi connectivity index (χ1v) is 5.63. The lowest BCUT2D eigenvalue weighted by Crippen LogP contribution is -2.46. The maximum absolute atomic E-state index is 11.0. The topological polar surface area (TPSA) is 52.6 Å². The molecule has 0 aromatic carbocycles. The van der Waals surface area contributed by atoms with E-state index in [0.717, 1.165) is 17.9 Å². The molecular weight excluding hydrogens is 212 g/mol. The van der Waals surface area contributed by atoms with Gasteiger partial charge in [0.2, 0.25) is 0 Å². The van der Waals surface area contributed by atoms with E-state index in [1.807, 2.05) is 17.3 Å². The van der Waals surface area contributed by atoms with Crippen LogP contribution in [-0.2, 0) is 0 Å². The van der Waals surface area contributed by atoms with Crippen LogP contribution in [0, 0.1) is 0 Å². The van der Waals surface area contributed by atoms with Crippen molar-refractivity contribution >= 4 is 28.7 Å². The Hall–Kier alpha value is -1.23. The van der Waals surface area contributed by atoms with E-state index < -0.39 is 5.97 Å². The molecule has 2 heterocycles. The van der Waals surface area contributed by atoms with E-state index in [9.17, 15) is 4.79 Å². The van der Waals surface area contributed by atoms with Gasteiger partial charge < -0.3 is 15.3 Å². The molecule has 0 unspecified atom stereocenters. The van der Waals surface area contributed by atoms with Gasteiger partial charge in [0.15, 0.2) is 0 Å². The average molecular weight is 226 g/mol. The number of thiophene rings is 1. The van der Waals surface area contributed by atoms with Gasteiger partial charge in [0.05, 0.1) is 11.4 Å². The SMILES string of the molecule is CN1CC(C)(C)Nc2csc(C(=O)O)c21. The molecule has 0 radical (unpaired) electrons. The van der Waals surface area contributed by atoms with Crippen molar-refractivity contribution in [2.24, 2.45) is 0 Å². The van der Waals surface area contributed by atoms with Crippen LogP contribution in [0.25, 0.3) is 0 Å². The summed E-state index contributed by atoms with van der Waals surface area (Å²) in [5.74, 6) is -0.852. The van der Waals surface area contributed by atoms with Crippen LogP contribution < -0.4 is 10.2 Å². The Morgan fingerprint density at radius 3 is 2.93 bits per heavy atom. The minimum atomic E-state index is -0.852. The first-order valence-electron chi connectivity index (χ1n) is 4.75. The van der Waals surface area contributed by atoms with Crippen molar-refractivity contribution in [1.29, 1.82) is 0 Å². The van der Waals surface area contributed by atoms with Gasteiger partial charge in [-0.25, -0.2) is 4.79 Å². The van der Waals surface area contributed by atoms with Gasteiger partial charge >= 0.3 is 5.97 Å². The van der Waals surface area contributed by atoms with Gasteiger partial charge in [-0.2, -0.15) is 0 Å². The third-order valence-electron chi connectivity index (χ3n) is 2.45. The lowest BCUT2D eigenvalue weighted by molar-refractivity contribution is 0.0702. The second kappa shape index (κ2) is 3.13. The fourth-order valence-electron chi connectivity index (χ4n) is 2.05. The van der Waals surface area contributed by atoms with Gasteiger partial charge in [-0.05, 0) is 13.8 Å². The van der Waals surface area contributed by atoms with Crippen LogP contribution in [0.3, 0.4) is 0 Å². The second-order valence-corrected chi connectivity index (χ2v) is 5.38. The number of hydrogen-bond acceptors (Lipinski definition) is 4. The minimum absolute atomic E-state index is 0.0153. The van der Waals surface area contributed by atoms with E-state index >= 15 is 0 Å². The van der Waals surface area contributed by atoms with Crippen LogP contribution in [0.2, 0.25) is 0 Å². The number of carboxylic acids is 1. The zero-order valence-corrected chi connectivity index (χ0v) is 9.81. The monoisotopic (exact) mass is 226 g/mol. The quantitative estimate of drug-likeness (QED) is 0.770. The molecule has 1 aromatic heterocycles. The Labute approximate surface area is 92.5 Å². The number of hydrogen-bond donors (Lipinski definition) is 2. The number of carbonyl (C=O) groups is 1. The highest BCUT2D eigenvalue weighted by Gasteiger charge is 2.31. The summed E-state index contributed by atoms with van der Waals surface area (Å²) in [6.45, 7) is 5.01. The molecule has 2 N–H and O–H groups in total. The molecule has 0 amide bonds. The van der Waals surface area contributed by atoms with Crippen LogP contribution in [0.1, 0.15) is 23.5 Å². The Bertz CT molecular complexity index is 412. The van der Waals surface area contributed by atoms with E-state index in [2.05, 4.69) is 19.2 Å². The van der Waals surface area contributed by atoms with Crippen molar-refractivity contribution in [2.45, 2.75) is 19.4 Å². The molecule has 4 nitrogen and oxygen atoms in total. The standard InChI is InChI=1S/C10H14N2O2S/c1-10(2)5-12(3)7-6(11-10)4-15-8(7)9(13)14/h4,11H,5H2,1-3H3,(H,13,14). The van der Waals surface area contributed by atoms with Crippen molar-refractivity contribution in [3.63, 3.8) is 0 Å². The van der Waals surface area contributed by atoms with Crippen LogP contribution in [0.4, 0.5) is 11.4 Å². The molecule has 1 aromatic rings. The molecule has 0 bridgehead atoms. The largest absolute Gasteiger partial charge is 0.477 e. The molecule has 2 rings (SSSR count). The summed E-state index contributed by atoms with van der Waals surface area (Å²) in [5, 5.41) is 14.3. The van der Waals surface area contributed by atoms with Gasteiger partial charge in [-0.1, -0.05) is 0 Å². The number of aromatic carboxylic acids is 1. The Morgan fingerprint density at radius 1 is 1.67 bits per heavy atom. The summed E-state index contributed by atoms with van der Waals surface area (Å²) in [4.78, 5) is 13.4. The van der Waals surface area contributed by atoms with E-state index in [1.54, 1.807) is 0 Å². The van der Waals surface area contributed by atoms with Crippen LogP contribution in [0.15, 0.2) is 5.38 Å². The molecule has 1 aliphatic rings. The second-order valence-electron chi connectivity index (χ2n) is 4.50. The number of fused-ring (bicyclic) bond motifs is 1. The van der Waals surface area contributed by atoms with Gasteiger partial charge in [0.1, 0.15) is 4.88 Å². The van der Waals surface area contributed by atoms with Crippen molar-refractivity contribution in [1.82, 2.24) is 0 Å². The highest BCUT2D eigenvalue weighted by Crippen LogP contribution is 2.40. The fourth-order valence-corrected chi connectivity index (χ4v) is 2.93. The molecule has 0 aliphatic carbocycles. The maximum atomic E-state index is 11.0. The molecule has 0 fully saturated rings. The van der Waals surface area contributed by atoms with Gasteiger partial charge in [0.25, 0.3) is 0 Å². The zero-order valence-electron chi connectivity index (χ0n) is 9.00. The van der Waals surface area contributed by atoms with Crippen LogP contribution >= 0.6 is 11.3 Å². The lowest BCUT2D eigenvalue weighted by atomic mass is 10.0. The van der Waals surface area contributed by atoms with E-state index in [0.29, 0.717) is 4.88 Å². The molecule has 82 valence electrons. The number of rotatable bonds is 1. The molecule has 15 heavy (non-hydrogen) atoms. The molecule has 0 saturated heterocycles. The summed E-state index contributed by atoms with van der Waals surface area (Å²) in [5.41, 5.74) is 1.72. The molecule has 5 heteroatoms. The summed E-state index contributed by atoms with van der Waals surface area (Å²) < 4.78 is 0. The Kier molecular flexibility index (Phi) is 2.15. The van der Waals surface area contributed by atoms with E-state index in [1.165, 1.54) is 11.3 Å². The Morgan fingerprint density at radius 2 is 2.33 bits per heavy atom. The molecule has 0 saturated carbocycles. The smallest absolute Gasteiger partial charge is 0.348 e. The number of nitrogens with zero attached hydrogens (tertiary/aromatic N) is 1. The normalized spacial score (nSPS) is 18.2. The zero-order chi connectivity index (χ0) is 11.2. The number of anilines is 2. The maximum Gasteiger partial charge on any atom is 0.348 e. The average Bonchev–Trinajstić information content (AvgIpc) is 2.45. The van der Waals surface area contributed by atoms with E-state index in [-0.39, 0.29) is 5.54 Å². The Balaban J connectivity index is 2.48. The lowest BCUT2D eigenvalue weighted by Gasteiger charge is -2.39. The van der Waals surface area contributed by atoms with Crippen LogP contribution in [-0.4, -0.2) is 30.2 Å². The third-order valence-corrected chi connectivity index (χ3v) is 3.40. The number of nitrogens with one attached hydrogen (secondary N) is 1. The first-order chi connectivity index (χ1) is 6.91. The van der Waals surface area contributed by atoms with Crippen LogP contribution in [0.5, 0.6) is 0 Å². The predicted octanol–water partition coefficient (Wildman–Crippen LogP) is 2.09. The number of carboxylic acid groups (broad SMARTS) is 1. The molecule has 1 aliphatic heterocycles. The van der Waals surface area contributed by atoms with Gasteiger partial charge in [-0.15, -0.1) is 11.3 Å². The molecular formula is C10H14N2O2S. The van der Waals surface area contributed by atoms with Crippen molar-refractivity contribution in [3.8, 4) is 0 Å². The summed E-state index contributed by atoms with van der Waals surface area (Å²) in [6, 6.07) is 0.